The van der Waals surface area contributed by atoms with Gasteiger partial charge in [0.25, 0.3) is 0 Å². The standard InChI is InChI=1S/C35H44BrClN6O3/c1-22-38-19-28(40(22)5)12-13-42(20-23-6-7-23)33(44)30-21-41(14-15-43(30)34(45)46-35(2,3)4)32-29-11-10-27(37)17-24(29)8-9-25-16-26(36)18-39-31(25)32/h10-11,16-19,23,30,32H,6-9,12-15,20-21H2,1-5H3/t30-,32+/m1/s1. The molecular formula is C35H44BrClN6O3. The van der Waals surface area contributed by atoms with Crippen molar-refractivity contribution in [3.63, 3.8) is 0 Å². The molecule has 0 N–H and O–H groups in total. The van der Waals surface area contributed by atoms with Gasteiger partial charge in [0, 0.05) is 73.8 Å². The molecule has 6 rings (SSSR count). The molecule has 1 aliphatic heterocycles. The lowest BCUT2D eigenvalue weighted by Crippen LogP contribution is -2.62. The van der Waals surface area contributed by atoms with E-state index in [1.165, 1.54) is 11.1 Å². The highest BCUT2D eigenvalue weighted by Crippen LogP contribution is 2.39. The van der Waals surface area contributed by atoms with Crippen LogP contribution in [0.3, 0.4) is 0 Å². The van der Waals surface area contributed by atoms with Crippen molar-refractivity contribution in [2.75, 3.05) is 32.7 Å². The summed E-state index contributed by atoms with van der Waals surface area (Å²) >= 11 is 10.1. The van der Waals surface area contributed by atoms with E-state index in [4.69, 9.17) is 21.3 Å². The van der Waals surface area contributed by atoms with E-state index >= 15 is 0 Å². The van der Waals surface area contributed by atoms with Gasteiger partial charge in [-0.2, -0.15) is 0 Å². The Labute approximate surface area is 285 Å². The first-order valence-corrected chi connectivity index (χ1v) is 17.5. The molecule has 0 unspecified atom stereocenters. The molecule has 0 radical (unpaired) electrons. The topological polar surface area (TPSA) is 83.8 Å². The summed E-state index contributed by atoms with van der Waals surface area (Å²) in [5.41, 5.74) is 4.90. The van der Waals surface area contributed by atoms with Crippen LogP contribution in [0.5, 0.6) is 0 Å². The third kappa shape index (κ3) is 7.29. The van der Waals surface area contributed by atoms with E-state index < -0.39 is 17.7 Å². The second-order valence-electron chi connectivity index (χ2n) is 14.0. The Morgan fingerprint density at radius 3 is 2.54 bits per heavy atom. The predicted molar refractivity (Wildman–Crippen MR) is 182 cm³/mol. The van der Waals surface area contributed by atoms with E-state index in [-0.39, 0.29) is 11.9 Å². The van der Waals surface area contributed by atoms with E-state index in [0.717, 1.165) is 52.9 Å². The monoisotopic (exact) mass is 710 g/mol. The number of pyridine rings is 1. The summed E-state index contributed by atoms with van der Waals surface area (Å²) in [6.07, 6.45) is 7.93. The van der Waals surface area contributed by atoms with Gasteiger partial charge in [-0.1, -0.05) is 17.7 Å². The van der Waals surface area contributed by atoms with Crippen LogP contribution in [0.4, 0.5) is 4.79 Å². The van der Waals surface area contributed by atoms with Crippen LogP contribution >= 0.6 is 27.5 Å². The first kappa shape index (κ1) is 33.0. The summed E-state index contributed by atoms with van der Waals surface area (Å²) in [4.78, 5) is 43.8. The van der Waals surface area contributed by atoms with E-state index in [2.05, 4.69) is 48.6 Å². The molecule has 2 aromatic heterocycles. The number of piperazine rings is 1. The van der Waals surface area contributed by atoms with Gasteiger partial charge in [0.2, 0.25) is 5.91 Å². The van der Waals surface area contributed by atoms with Crippen molar-refractivity contribution >= 4 is 39.5 Å². The van der Waals surface area contributed by atoms with Crippen molar-refractivity contribution in [1.29, 1.82) is 0 Å². The number of hydrogen-bond donors (Lipinski definition) is 0. The Hall–Kier alpha value is -2.95. The number of benzene rings is 1. The molecule has 46 heavy (non-hydrogen) atoms. The van der Waals surface area contributed by atoms with Crippen molar-refractivity contribution in [2.45, 2.75) is 77.5 Å². The number of carbonyl (C=O) groups excluding carboxylic acids is 2. The number of ether oxygens (including phenoxy) is 1. The van der Waals surface area contributed by atoms with Crippen molar-refractivity contribution in [3.05, 3.63) is 80.1 Å². The summed E-state index contributed by atoms with van der Waals surface area (Å²) in [6, 6.07) is 7.38. The van der Waals surface area contributed by atoms with Crippen LogP contribution in [0.1, 0.15) is 73.6 Å². The van der Waals surface area contributed by atoms with E-state index in [1.54, 1.807) is 4.90 Å². The van der Waals surface area contributed by atoms with Crippen LogP contribution in [0.15, 0.2) is 41.1 Å². The fourth-order valence-electron chi connectivity index (χ4n) is 6.72. The number of aryl methyl sites for hydroxylation is 3. The maximum absolute atomic E-state index is 14.7. The SMILES string of the molecule is Cc1ncc(CCN(CC2CC2)C(=O)[C@H]2CN([C@H]3c4ccc(Cl)cc4CCc4cc(Br)cnc43)CCN2C(=O)OC(C)(C)C)n1C. The molecule has 1 saturated heterocycles. The zero-order chi connectivity index (χ0) is 32.7. The summed E-state index contributed by atoms with van der Waals surface area (Å²) < 4.78 is 8.89. The second-order valence-corrected chi connectivity index (χ2v) is 15.3. The normalized spacial score (nSPS) is 20.1. The minimum Gasteiger partial charge on any atom is -0.444 e. The average molecular weight is 712 g/mol. The van der Waals surface area contributed by atoms with Gasteiger partial charge >= 0.3 is 6.09 Å². The van der Waals surface area contributed by atoms with Gasteiger partial charge in [0.05, 0.1) is 11.7 Å². The number of imidazole rings is 1. The third-order valence-electron chi connectivity index (χ3n) is 9.42. The first-order chi connectivity index (χ1) is 21.9. The van der Waals surface area contributed by atoms with Crippen LogP contribution in [0.25, 0.3) is 0 Å². The number of rotatable bonds is 7. The lowest BCUT2D eigenvalue weighted by molar-refractivity contribution is -0.140. The van der Waals surface area contributed by atoms with Gasteiger partial charge in [-0.15, -0.1) is 0 Å². The zero-order valence-electron chi connectivity index (χ0n) is 27.4. The van der Waals surface area contributed by atoms with Gasteiger partial charge in [-0.3, -0.25) is 19.6 Å². The molecule has 2 aliphatic carbocycles. The van der Waals surface area contributed by atoms with Gasteiger partial charge in [0.1, 0.15) is 17.5 Å². The molecule has 2 atom stereocenters. The maximum Gasteiger partial charge on any atom is 0.411 e. The molecule has 9 nitrogen and oxygen atoms in total. The fourth-order valence-corrected chi connectivity index (χ4v) is 7.29. The first-order valence-electron chi connectivity index (χ1n) is 16.3. The van der Waals surface area contributed by atoms with Crippen molar-refractivity contribution in [1.82, 2.24) is 29.2 Å². The van der Waals surface area contributed by atoms with Crippen LogP contribution in [0.2, 0.25) is 5.02 Å². The Kier molecular flexibility index (Phi) is 9.52. The molecule has 3 aromatic rings. The van der Waals surface area contributed by atoms with Crippen molar-refractivity contribution in [2.24, 2.45) is 13.0 Å². The van der Waals surface area contributed by atoms with Gasteiger partial charge < -0.3 is 14.2 Å². The maximum atomic E-state index is 14.7. The smallest absolute Gasteiger partial charge is 0.411 e. The van der Waals surface area contributed by atoms with E-state index in [9.17, 15) is 9.59 Å². The fraction of sp³-hybridized carbons (Fsp3) is 0.543. The van der Waals surface area contributed by atoms with Crippen LogP contribution in [0, 0.1) is 12.8 Å². The number of carbonyl (C=O) groups is 2. The van der Waals surface area contributed by atoms with Crippen LogP contribution in [-0.4, -0.2) is 85.6 Å². The highest BCUT2D eigenvalue weighted by atomic mass is 79.9. The van der Waals surface area contributed by atoms with Crippen molar-refractivity contribution in [3.8, 4) is 0 Å². The zero-order valence-corrected chi connectivity index (χ0v) is 29.8. The Morgan fingerprint density at radius 2 is 1.85 bits per heavy atom. The number of fused-ring (bicyclic) bond motifs is 2. The van der Waals surface area contributed by atoms with Crippen LogP contribution in [-0.2, 0) is 35.8 Å². The van der Waals surface area contributed by atoms with E-state index in [1.807, 2.05) is 58.1 Å². The molecule has 3 heterocycles. The summed E-state index contributed by atoms with van der Waals surface area (Å²) in [5.74, 6) is 1.41. The molecule has 1 aromatic carbocycles. The number of nitrogens with zero attached hydrogens (tertiary/aromatic N) is 6. The van der Waals surface area contributed by atoms with E-state index in [0.29, 0.717) is 50.1 Å². The Morgan fingerprint density at radius 1 is 1.09 bits per heavy atom. The lowest BCUT2D eigenvalue weighted by Gasteiger charge is -2.45. The minimum atomic E-state index is -0.700. The number of hydrogen-bond acceptors (Lipinski definition) is 6. The number of halogens is 2. The Balaban J connectivity index is 1.35. The van der Waals surface area contributed by atoms with Crippen LogP contribution < -0.4 is 0 Å². The molecule has 246 valence electrons. The highest BCUT2D eigenvalue weighted by molar-refractivity contribution is 9.10. The summed E-state index contributed by atoms with van der Waals surface area (Å²) in [7, 11) is 2.01. The molecule has 3 aliphatic rings. The average Bonchev–Trinajstić information content (AvgIpc) is 3.79. The summed E-state index contributed by atoms with van der Waals surface area (Å²) in [6.45, 7) is 10.1. The molecule has 2 amide bonds. The molecule has 11 heteroatoms. The number of aromatic nitrogens is 3. The number of amides is 2. The Bertz CT molecular complexity index is 1560. The predicted octanol–water partition coefficient (Wildman–Crippen LogP) is 6.13. The van der Waals surface area contributed by atoms with Gasteiger partial charge in [-0.05, 0) is 110 Å². The second kappa shape index (κ2) is 13.3. The largest absolute Gasteiger partial charge is 0.444 e. The highest BCUT2D eigenvalue weighted by Gasteiger charge is 2.43. The third-order valence-corrected chi connectivity index (χ3v) is 10.1. The minimum absolute atomic E-state index is 0.0321. The molecular weight excluding hydrogens is 668 g/mol. The lowest BCUT2D eigenvalue weighted by atomic mass is 9.95. The van der Waals surface area contributed by atoms with Gasteiger partial charge in [0.15, 0.2) is 0 Å². The quantitative estimate of drug-likeness (QED) is 0.294. The van der Waals surface area contributed by atoms with Crippen molar-refractivity contribution < 1.29 is 14.3 Å². The molecule has 2 fully saturated rings. The molecule has 0 bridgehead atoms. The molecule has 1 saturated carbocycles. The van der Waals surface area contributed by atoms with Gasteiger partial charge in [-0.25, -0.2) is 9.78 Å². The molecule has 0 spiro atoms. The summed E-state index contributed by atoms with van der Waals surface area (Å²) in [5, 5.41) is 0.708.